The van der Waals surface area contributed by atoms with Gasteiger partial charge in [0.15, 0.2) is 0 Å². The molecule has 0 bridgehead atoms. The molecule has 0 aliphatic rings. The summed E-state index contributed by atoms with van der Waals surface area (Å²) >= 11 is 0. The molecular formula is C28H28N2O. The minimum absolute atomic E-state index is 0.853. The fourth-order valence-electron chi connectivity index (χ4n) is 3.63. The van der Waals surface area contributed by atoms with Crippen LogP contribution in [0.3, 0.4) is 0 Å². The average Bonchev–Trinajstić information content (AvgIpc) is 2.82. The molecule has 0 unspecified atom stereocenters. The summed E-state index contributed by atoms with van der Waals surface area (Å²) in [5.74, 6) is 0.853. The topological polar surface area (TPSA) is 15.7 Å². The highest BCUT2D eigenvalue weighted by Gasteiger charge is 2.13. The molecule has 0 fully saturated rings. The van der Waals surface area contributed by atoms with Crippen molar-refractivity contribution in [3.8, 4) is 5.75 Å². The van der Waals surface area contributed by atoms with Gasteiger partial charge in [0, 0.05) is 41.6 Å². The predicted octanol–water partition coefficient (Wildman–Crippen LogP) is 7.55. The van der Waals surface area contributed by atoms with Gasteiger partial charge in [0.25, 0.3) is 0 Å². The highest BCUT2D eigenvalue weighted by Crippen LogP contribution is 2.36. The summed E-state index contributed by atoms with van der Waals surface area (Å²) in [6.07, 6.45) is 0. The lowest BCUT2D eigenvalue weighted by Gasteiger charge is -2.27. The predicted molar refractivity (Wildman–Crippen MR) is 132 cm³/mol. The number of ether oxygens (including phenoxy) is 1. The van der Waals surface area contributed by atoms with Gasteiger partial charge in [-0.05, 0) is 74.5 Å². The molecule has 0 aliphatic heterocycles. The zero-order chi connectivity index (χ0) is 21.8. The van der Waals surface area contributed by atoms with Crippen molar-refractivity contribution in [3.63, 3.8) is 0 Å². The highest BCUT2D eigenvalue weighted by molar-refractivity contribution is 5.78. The van der Waals surface area contributed by atoms with E-state index in [0.29, 0.717) is 0 Å². The molecule has 4 aromatic carbocycles. The Morgan fingerprint density at radius 3 is 1.48 bits per heavy atom. The Labute approximate surface area is 185 Å². The number of anilines is 5. The van der Waals surface area contributed by atoms with Gasteiger partial charge in [-0.3, -0.25) is 0 Å². The zero-order valence-electron chi connectivity index (χ0n) is 18.5. The molecule has 0 N–H and O–H groups in total. The number of methoxy groups -OCH3 is 1. The van der Waals surface area contributed by atoms with Gasteiger partial charge in [-0.2, -0.15) is 0 Å². The molecule has 0 heterocycles. The third kappa shape index (κ3) is 4.56. The van der Waals surface area contributed by atoms with Crippen molar-refractivity contribution in [2.45, 2.75) is 13.8 Å². The molecule has 3 heteroatoms. The van der Waals surface area contributed by atoms with E-state index in [-0.39, 0.29) is 0 Å². The third-order valence-electron chi connectivity index (χ3n) is 5.52. The summed E-state index contributed by atoms with van der Waals surface area (Å²) < 4.78 is 5.37. The summed E-state index contributed by atoms with van der Waals surface area (Å²) in [5.41, 5.74) is 8.11. The second-order valence-electron chi connectivity index (χ2n) is 7.78. The lowest BCUT2D eigenvalue weighted by molar-refractivity contribution is 0.415. The number of aryl methyl sites for hydroxylation is 2. The monoisotopic (exact) mass is 408 g/mol. The van der Waals surface area contributed by atoms with Crippen molar-refractivity contribution in [1.82, 2.24) is 0 Å². The summed E-state index contributed by atoms with van der Waals surface area (Å²) in [6.45, 7) is 4.23. The van der Waals surface area contributed by atoms with E-state index in [1.54, 1.807) is 7.11 Å². The van der Waals surface area contributed by atoms with Crippen LogP contribution in [0.25, 0.3) is 0 Å². The lowest BCUT2D eigenvalue weighted by Crippen LogP contribution is -2.12. The number of rotatable bonds is 6. The van der Waals surface area contributed by atoms with Crippen LogP contribution < -0.4 is 14.5 Å². The van der Waals surface area contributed by atoms with Gasteiger partial charge in [-0.25, -0.2) is 0 Å². The van der Waals surface area contributed by atoms with Gasteiger partial charge >= 0.3 is 0 Å². The van der Waals surface area contributed by atoms with Crippen molar-refractivity contribution in [2.75, 3.05) is 24.0 Å². The Hall–Kier alpha value is -3.72. The van der Waals surface area contributed by atoms with Crippen LogP contribution in [0.4, 0.5) is 28.4 Å². The molecular weight excluding hydrogens is 380 g/mol. The first-order valence-electron chi connectivity index (χ1n) is 10.5. The Kier molecular flexibility index (Phi) is 5.94. The van der Waals surface area contributed by atoms with Crippen LogP contribution in [-0.4, -0.2) is 14.2 Å². The van der Waals surface area contributed by atoms with Gasteiger partial charge in [-0.15, -0.1) is 0 Å². The lowest BCUT2D eigenvalue weighted by atomic mass is 10.1. The third-order valence-corrected chi connectivity index (χ3v) is 5.52. The SMILES string of the molecule is COc1cccc(N(C)c2ccc(N(c3ccc(C)cc3)c3ccc(C)cc3)cc2)c1. The first-order valence-corrected chi connectivity index (χ1v) is 10.5. The largest absolute Gasteiger partial charge is 0.497 e. The van der Waals surface area contributed by atoms with Gasteiger partial charge in [-0.1, -0.05) is 41.5 Å². The van der Waals surface area contributed by atoms with Crippen LogP contribution in [0.2, 0.25) is 0 Å². The first kappa shape index (κ1) is 20.5. The molecule has 0 radical (unpaired) electrons. The summed E-state index contributed by atoms with van der Waals surface area (Å²) in [7, 11) is 3.76. The van der Waals surface area contributed by atoms with Gasteiger partial charge in [0.2, 0.25) is 0 Å². The molecule has 0 aromatic heterocycles. The standard InChI is InChI=1S/C28H28N2O/c1-21-8-12-24(13-9-21)30(25-14-10-22(2)11-15-25)26-18-16-23(17-19-26)29(3)27-6-5-7-28(20-27)31-4/h5-20H,1-4H3. The van der Waals surface area contributed by atoms with Crippen molar-refractivity contribution < 1.29 is 4.74 Å². The summed E-state index contributed by atoms with van der Waals surface area (Å²) in [5, 5.41) is 0. The Morgan fingerprint density at radius 1 is 0.548 bits per heavy atom. The zero-order valence-corrected chi connectivity index (χ0v) is 18.5. The normalized spacial score (nSPS) is 10.6. The molecule has 4 rings (SSSR count). The Bertz CT molecular complexity index is 1090. The minimum atomic E-state index is 0.853. The van der Waals surface area contributed by atoms with Crippen LogP contribution in [0.15, 0.2) is 97.1 Å². The molecule has 0 atom stereocenters. The summed E-state index contributed by atoms with van der Waals surface area (Å²) in [4.78, 5) is 4.45. The first-order chi connectivity index (χ1) is 15.0. The van der Waals surface area contributed by atoms with Crippen molar-refractivity contribution in [3.05, 3.63) is 108 Å². The van der Waals surface area contributed by atoms with E-state index in [2.05, 4.69) is 110 Å². The molecule has 31 heavy (non-hydrogen) atoms. The molecule has 0 spiro atoms. The Balaban J connectivity index is 1.69. The van der Waals surface area contributed by atoms with E-state index in [9.17, 15) is 0 Å². The van der Waals surface area contributed by atoms with Crippen LogP contribution >= 0.6 is 0 Å². The van der Waals surface area contributed by atoms with Crippen LogP contribution in [0.1, 0.15) is 11.1 Å². The number of hydrogen-bond acceptors (Lipinski definition) is 3. The minimum Gasteiger partial charge on any atom is -0.497 e. The molecule has 156 valence electrons. The maximum Gasteiger partial charge on any atom is 0.120 e. The second-order valence-corrected chi connectivity index (χ2v) is 7.78. The molecule has 0 saturated carbocycles. The fraction of sp³-hybridized carbons (Fsp3) is 0.143. The maximum atomic E-state index is 5.37. The number of hydrogen-bond donors (Lipinski definition) is 0. The molecule has 0 amide bonds. The highest BCUT2D eigenvalue weighted by atomic mass is 16.5. The molecule has 4 aromatic rings. The smallest absolute Gasteiger partial charge is 0.120 e. The van der Waals surface area contributed by atoms with Crippen LogP contribution in [0.5, 0.6) is 5.75 Å². The molecule has 3 nitrogen and oxygen atoms in total. The van der Waals surface area contributed by atoms with Crippen molar-refractivity contribution in [1.29, 1.82) is 0 Å². The number of benzene rings is 4. The molecule has 0 aliphatic carbocycles. The van der Waals surface area contributed by atoms with Gasteiger partial charge in [0.05, 0.1) is 7.11 Å². The van der Waals surface area contributed by atoms with Gasteiger partial charge in [0.1, 0.15) is 5.75 Å². The van der Waals surface area contributed by atoms with Crippen molar-refractivity contribution >= 4 is 28.4 Å². The van der Waals surface area contributed by atoms with E-state index in [4.69, 9.17) is 4.74 Å². The number of nitrogens with zero attached hydrogens (tertiary/aromatic N) is 2. The maximum absolute atomic E-state index is 5.37. The van der Waals surface area contributed by atoms with Crippen molar-refractivity contribution in [2.24, 2.45) is 0 Å². The van der Waals surface area contributed by atoms with Gasteiger partial charge < -0.3 is 14.5 Å². The fourth-order valence-corrected chi connectivity index (χ4v) is 3.63. The van der Waals surface area contributed by atoms with E-state index < -0.39 is 0 Å². The van der Waals surface area contributed by atoms with E-state index in [1.807, 2.05) is 18.2 Å². The van der Waals surface area contributed by atoms with E-state index in [0.717, 1.165) is 34.2 Å². The average molecular weight is 409 g/mol. The van der Waals surface area contributed by atoms with E-state index in [1.165, 1.54) is 11.1 Å². The Morgan fingerprint density at radius 2 is 1.00 bits per heavy atom. The van der Waals surface area contributed by atoms with Crippen LogP contribution in [-0.2, 0) is 0 Å². The van der Waals surface area contributed by atoms with Crippen LogP contribution in [0, 0.1) is 13.8 Å². The summed E-state index contributed by atoms with van der Waals surface area (Å²) in [6, 6.07) is 34.1. The second kappa shape index (κ2) is 8.97. The van der Waals surface area contributed by atoms with E-state index >= 15 is 0 Å². The molecule has 0 saturated heterocycles. The quantitative estimate of drug-likeness (QED) is 0.327.